The highest BCUT2D eigenvalue weighted by Crippen LogP contribution is 2.13. The minimum Gasteiger partial charge on any atom is -0.356 e. The van der Waals surface area contributed by atoms with Gasteiger partial charge in [-0.05, 0) is 42.0 Å². The standard InChI is InChI=1S/C16H32N4O.C14H27ClO.C2H6N4/c1-2-3-4-5-6-7-8-9-10-11-12-13-16(21)18-14-15-19-20-17;1-2-3-4-5-6-7-8-9-10-11-12-13-14(15)16;3-1-2-5-6-4/h2-15H2,1H3,(H,18,21);2-13H2,1H3;1-3H2. The van der Waals surface area contributed by atoms with Crippen LogP contribution >= 0.6 is 11.6 Å². The average Bonchev–Trinajstić information content (AvgIpc) is 3.00. The van der Waals surface area contributed by atoms with Crippen LogP contribution in [0.4, 0.5) is 0 Å². The van der Waals surface area contributed by atoms with Gasteiger partial charge in [-0.3, -0.25) is 9.59 Å². The molecule has 0 fully saturated rings. The van der Waals surface area contributed by atoms with Gasteiger partial charge in [0, 0.05) is 42.3 Å². The van der Waals surface area contributed by atoms with Gasteiger partial charge in [0.2, 0.25) is 11.1 Å². The highest BCUT2D eigenvalue weighted by atomic mass is 35.5. The summed E-state index contributed by atoms with van der Waals surface area (Å²) in [6, 6.07) is 0. The summed E-state index contributed by atoms with van der Waals surface area (Å²) in [5.74, 6) is 0.0686. The van der Waals surface area contributed by atoms with E-state index in [1.54, 1.807) is 0 Å². The minimum atomic E-state index is -0.184. The van der Waals surface area contributed by atoms with Crippen molar-refractivity contribution in [2.24, 2.45) is 16.0 Å². The quantitative estimate of drug-likeness (QED) is 0.0276. The van der Waals surface area contributed by atoms with Gasteiger partial charge < -0.3 is 11.1 Å². The molecule has 0 saturated heterocycles. The van der Waals surface area contributed by atoms with Crippen LogP contribution in [0, 0.1) is 0 Å². The fourth-order valence-electron chi connectivity index (χ4n) is 4.36. The Morgan fingerprint density at radius 3 is 1.28 bits per heavy atom. The fourth-order valence-corrected chi connectivity index (χ4v) is 4.49. The van der Waals surface area contributed by atoms with Crippen LogP contribution in [0.15, 0.2) is 10.2 Å². The fraction of sp³-hybridized carbons (Fsp3) is 0.938. The lowest BCUT2D eigenvalue weighted by atomic mass is 10.1. The third kappa shape index (κ3) is 53.0. The molecule has 0 heterocycles. The first-order valence-corrected chi connectivity index (χ1v) is 17.5. The third-order valence-corrected chi connectivity index (χ3v) is 7.06. The first kappa shape index (κ1) is 45.4. The number of carbonyl (C=O) groups is 2. The number of rotatable bonds is 29. The largest absolute Gasteiger partial charge is 0.356 e. The number of amides is 1. The maximum absolute atomic E-state index is 11.4. The maximum Gasteiger partial charge on any atom is 0.221 e. The molecule has 1 amide bonds. The molecule has 0 aliphatic heterocycles. The molecule has 11 heteroatoms. The molecule has 0 radical (unpaired) electrons. The lowest BCUT2D eigenvalue weighted by Crippen LogP contribution is -2.25. The van der Waals surface area contributed by atoms with Crippen molar-refractivity contribution < 1.29 is 9.59 Å². The molecule has 0 atom stereocenters. The molecule has 0 unspecified atom stereocenters. The van der Waals surface area contributed by atoms with Crippen molar-refractivity contribution in [3.63, 3.8) is 0 Å². The molecule has 10 nitrogen and oxygen atoms in total. The first-order valence-electron chi connectivity index (χ1n) is 17.2. The molecule has 0 rings (SSSR count). The summed E-state index contributed by atoms with van der Waals surface area (Å²) in [4.78, 5) is 27.0. The minimum absolute atomic E-state index is 0.0686. The Hall–Kier alpha value is -1.99. The van der Waals surface area contributed by atoms with E-state index in [1.165, 1.54) is 116 Å². The lowest BCUT2D eigenvalue weighted by Gasteiger charge is -2.04. The second-order valence-electron chi connectivity index (χ2n) is 11.0. The van der Waals surface area contributed by atoms with Crippen molar-refractivity contribution in [3.05, 3.63) is 20.9 Å². The zero-order chi connectivity index (χ0) is 32.5. The van der Waals surface area contributed by atoms with E-state index in [1.807, 2.05) is 0 Å². The molecule has 0 spiro atoms. The van der Waals surface area contributed by atoms with Crippen LogP contribution in [0.3, 0.4) is 0 Å². The summed E-state index contributed by atoms with van der Waals surface area (Å²) in [6.07, 6.45) is 29.8. The SMILES string of the molecule is CCCCCCCCCCCCCC(=O)Cl.CCCCCCCCCCCCCC(=O)NCCN=[N+]=[N-].[N-]=[N+]=NCCN. The van der Waals surface area contributed by atoms with Gasteiger partial charge in [0.1, 0.15) is 0 Å². The molecule has 0 bridgehead atoms. The van der Waals surface area contributed by atoms with Gasteiger partial charge in [-0.2, -0.15) is 0 Å². The Labute approximate surface area is 268 Å². The molecule has 0 aliphatic rings. The Morgan fingerprint density at radius 1 is 0.605 bits per heavy atom. The summed E-state index contributed by atoms with van der Waals surface area (Å²) < 4.78 is 0. The number of hydrogen-bond acceptors (Lipinski definition) is 5. The average molecular weight is 629 g/mol. The number of carbonyl (C=O) groups excluding carboxylic acids is 2. The van der Waals surface area contributed by atoms with Crippen molar-refractivity contribution in [2.45, 2.75) is 168 Å². The van der Waals surface area contributed by atoms with Gasteiger partial charge in [-0.15, -0.1) is 0 Å². The number of nitrogens with two attached hydrogens (primary N) is 1. The Kier molecular flexibility index (Phi) is 47.0. The van der Waals surface area contributed by atoms with Gasteiger partial charge in [0.05, 0.1) is 0 Å². The smallest absolute Gasteiger partial charge is 0.221 e. The van der Waals surface area contributed by atoms with E-state index in [4.69, 9.17) is 28.4 Å². The molecule has 0 saturated carbocycles. The van der Waals surface area contributed by atoms with E-state index >= 15 is 0 Å². The number of hydrogen-bond donors (Lipinski definition) is 2. The Bertz CT molecular complexity index is 684. The maximum atomic E-state index is 11.4. The van der Waals surface area contributed by atoms with E-state index < -0.39 is 0 Å². The van der Waals surface area contributed by atoms with Crippen molar-refractivity contribution in [1.82, 2.24) is 5.32 Å². The normalized spacial score (nSPS) is 9.86. The monoisotopic (exact) mass is 628 g/mol. The molecular formula is C32H65ClN8O2. The van der Waals surface area contributed by atoms with E-state index in [0.717, 1.165) is 25.7 Å². The Morgan fingerprint density at radius 2 is 0.953 bits per heavy atom. The molecule has 252 valence electrons. The molecule has 0 aromatic rings. The summed E-state index contributed by atoms with van der Waals surface area (Å²) in [5.41, 5.74) is 20.6. The molecule has 0 aliphatic carbocycles. The number of nitrogens with zero attached hydrogens (tertiary/aromatic N) is 6. The van der Waals surface area contributed by atoms with Crippen LogP contribution in [0.5, 0.6) is 0 Å². The lowest BCUT2D eigenvalue weighted by molar-refractivity contribution is -0.121. The van der Waals surface area contributed by atoms with Crippen LogP contribution in [0.2, 0.25) is 0 Å². The first-order chi connectivity index (χ1) is 21.0. The predicted octanol–water partition coefficient (Wildman–Crippen LogP) is 10.8. The molecule has 43 heavy (non-hydrogen) atoms. The topological polar surface area (TPSA) is 170 Å². The van der Waals surface area contributed by atoms with Crippen molar-refractivity contribution in [1.29, 1.82) is 0 Å². The second-order valence-corrected chi connectivity index (χ2v) is 11.4. The van der Waals surface area contributed by atoms with Crippen LogP contribution in [-0.4, -0.2) is 37.3 Å². The highest BCUT2D eigenvalue weighted by Gasteiger charge is 2.00. The highest BCUT2D eigenvalue weighted by molar-refractivity contribution is 6.63. The molecule has 3 N–H and O–H groups in total. The summed E-state index contributed by atoms with van der Waals surface area (Å²) in [7, 11) is 0. The molecule has 0 aromatic carbocycles. The van der Waals surface area contributed by atoms with Crippen molar-refractivity contribution in [3.8, 4) is 0 Å². The van der Waals surface area contributed by atoms with Crippen molar-refractivity contribution >= 4 is 22.8 Å². The van der Waals surface area contributed by atoms with E-state index in [0.29, 0.717) is 39.0 Å². The number of azide groups is 2. The summed E-state index contributed by atoms with van der Waals surface area (Å²) in [6.45, 7) is 6.12. The second kappa shape index (κ2) is 44.5. The van der Waals surface area contributed by atoms with Crippen LogP contribution in [0.1, 0.15) is 168 Å². The van der Waals surface area contributed by atoms with Gasteiger partial charge >= 0.3 is 0 Å². The zero-order valence-electron chi connectivity index (χ0n) is 27.8. The zero-order valence-corrected chi connectivity index (χ0v) is 28.5. The van der Waals surface area contributed by atoms with Gasteiger partial charge in [-0.25, -0.2) is 0 Å². The van der Waals surface area contributed by atoms with E-state index in [-0.39, 0.29) is 11.1 Å². The van der Waals surface area contributed by atoms with Crippen LogP contribution in [0.25, 0.3) is 20.9 Å². The van der Waals surface area contributed by atoms with E-state index in [9.17, 15) is 9.59 Å². The summed E-state index contributed by atoms with van der Waals surface area (Å²) >= 11 is 5.26. The number of unbranched alkanes of at least 4 members (excludes halogenated alkanes) is 20. The van der Waals surface area contributed by atoms with Crippen LogP contribution in [-0.2, 0) is 9.59 Å². The third-order valence-electron chi connectivity index (χ3n) is 6.87. The van der Waals surface area contributed by atoms with Gasteiger partial charge in [0.25, 0.3) is 0 Å². The summed E-state index contributed by atoms with van der Waals surface area (Å²) in [5, 5.41) is 9.08. The number of halogens is 1. The van der Waals surface area contributed by atoms with Gasteiger partial charge in [0.15, 0.2) is 0 Å². The van der Waals surface area contributed by atoms with E-state index in [2.05, 4.69) is 39.2 Å². The molecule has 0 aromatic heterocycles. The number of nitrogens with one attached hydrogen (secondary N) is 1. The van der Waals surface area contributed by atoms with Crippen molar-refractivity contribution in [2.75, 3.05) is 26.2 Å². The van der Waals surface area contributed by atoms with Gasteiger partial charge in [-0.1, -0.05) is 152 Å². The predicted molar refractivity (Wildman–Crippen MR) is 183 cm³/mol. The molecular weight excluding hydrogens is 564 g/mol. The Balaban J connectivity index is -0.000000640. The van der Waals surface area contributed by atoms with Crippen LogP contribution < -0.4 is 11.1 Å².